The molecule has 13 nitrogen and oxygen atoms in total. The molecule has 0 aromatic heterocycles. The Hall–Kier alpha value is -4.78. The first-order valence-electron chi connectivity index (χ1n) is 16.8. The summed E-state index contributed by atoms with van der Waals surface area (Å²) in [6.45, 7) is 4.75. The van der Waals surface area contributed by atoms with Gasteiger partial charge in [0, 0.05) is 24.0 Å². The number of nitrogens with one attached hydrogen (secondary N) is 3. The summed E-state index contributed by atoms with van der Waals surface area (Å²) < 4.78 is 0. The van der Waals surface area contributed by atoms with Gasteiger partial charge in [-0.15, -0.1) is 0 Å². The van der Waals surface area contributed by atoms with E-state index in [1.165, 1.54) is 4.90 Å². The van der Waals surface area contributed by atoms with Crippen molar-refractivity contribution in [3.05, 3.63) is 59.7 Å². The summed E-state index contributed by atoms with van der Waals surface area (Å²) >= 11 is 0. The largest absolute Gasteiger partial charge is 0.481 e. The number of ketones is 1. The van der Waals surface area contributed by atoms with Crippen molar-refractivity contribution in [3.8, 4) is 0 Å². The van der Waals surface area contributed by atoms with Crippen LogP contribution in [0.25, 0.3) is 0 Å². The third kappa shape index (κ3) is 6.51. The average Bonchev–Trinajstić information content (AvgIpc) is 3.18. The van der Waals surface area contributed by atoms with Gasteiger partial charge in [0.15, 0.2) is 5.78 Å². The molecule has 6 amide bonds. The molecule has 6 N–H and O–H groups in total. The van der Waals surface area contributed by atoms with Crippen molar-refractivity contribution in [1.82, 2.24) is 15.1 Å². The Morgan fingerprint density at radius 3 is 2.24 bits per heavy atom. The molecule has 4 atom stereocenters. The number of aliphatic carboxylic acids is 1. The Labute approximate surface area is 284 Å². The van der Waals surface area contributed by atoms with E-state index in [1.807, 2.05) is 31.2 Å². The highest BCUT2D eigenvalue weighted by atomic mass is 16.4. The van der Waals surface area contributed by atoms with Crippen LogP contribution in [-0.2, 0) is 25.7 Å². The summed E-state index contributed by atoms with van der Waals surface area (Å²) in [6.07, 6.45) is 3.35. The molecule has 1 saturated heterocycles. The number of aryl methyl sites for hydroxylation is 1. The molecule has 1 aliphatic heterocycles. The Bertz CT molecular complexity index is 1680. The zero-order valence-corrected chi connectivity index (χ0v) is 28.0. The number of para-hydroxylation sites is 1. The van der Waals surface area contributed by atoms with E-state index in [4.69, 9.17) is 5.73 Å². The Kier molecular flexibility index (Phi) is 8.99. The van der Waals surface area contributed by atoms with E-state index in [2.05, 4.69) is 16.0 Å². The third-order valence-corrected chi connectivity index (χ3v) is 11.0. The number of hydrogen-bond donors (Lipinski definition) is 5. The third-order valence-electron chi connectivity index (χ3n) is 11.0. The van der Waals surface area contributed by atoms with Crippen molar-refractivity contribution in [3.63, 3.8) is 0 Å². The average molecular weight is 673 g/mol. The molecular formula is C36H44N6O7. The van der Waals surface area contributed by atoms with Gasteiger partial charge in [0.05, 0.1) is 17.9 Å². The smallest absolute Gasteiger partial charge is 0.328 e. The molecule has 13 heteroatoms. The number of rotatable bonds is 11. The van der Waals surface area contributed by atoms with Crippen LogP contribution in [0.4, 0.5) is 21.0 Å². The first kappa shape index (κ1) is 34.1. The lowest BCUT2D eigenvalue weighted by atomic mass is 9.45. The maximum Gasteiger partial charge on any atom is 0.328 e. The number of carbonyl (C=O) groups excluding carboxylic acids is 5. The molecule has 3 unspecified atom stereocenters. The molecule has 4 aliphatic carbocycles. The number of imide groups is 1. The first-order chi connectivity index (χ1) is 23.2. The summed E-state index contributed by atoms with van der Waals surface area (Å²) in [5.74, 6) is -1.86. The van der Waals surface area contributed by atoms with Gasteiger partial charge in [-0.25, -0.2) is 9.59 Å². The predicted molar refractivity (Wildman–Crippen MR) is 180 cm³/mol. The van der Waals surface area contributed by atoms with Crippen molar-refractivity contribution in [2.45, 2.75) is 83.5 Å². The lowest BCUT2D eigenvalue weighted by molar-refractivity contribution is -0.156. The molecular weight excluding hydrogens is 628 g/mol. The number of carbonyl (C=O) groups is 6. The Balaban J connectivity index is 1.10. The topological polar surface area (TPSA) is 191 Å². The lowest BCUT2D eigenvalue weighted by Crippen LogP contribution is -2.67. The fourth-order valence-electron chi connectivity index (χ4n) is 8.86. The molecule has 260 valence electrons. The number of amides is 6. The maximum atomic E-state index is 13.7. The zero-order valence-electron chi connectivity index (χ0n) is 28.0. The van der Waals surface area contributed by atoms with Crippen LogP contribution in [0.1, 0.15) is 63.5 Å². The summed E-state index contributed by atoms with van der Waals surface area (Å²) in [5, 5.41) is 17.9. The molecule has 4 bridgehead atoms. The number of Topliss-reactive ketones (excluding diaryl/α,β-unsaturated/α-hetero) is 1. The van der Waals surface area contributed by atoms with Gasteiger partial charge in [-0.05, 0) is 100.0 Å². The molecule has 0 radical (unpaired) electrons. The van der Waals surface area contributed by atoms with Gasteiger partial charge in [-0.1, -0.05) is 30.3 Å². The summed E-state index contributed by atoms with van der Waals surface area (Å²) in [4.78, 5) is 80.7. The molecule has 5 fully saturated rings. The van der Waals surface area contributed by atoms with Gasteiger partial charge in [-0.2, -0.15) is 0 Å². The molecule has 4 saturated carbocycles. The minimum atomic E-state index is -1.23. The summed E-state index contributed by atoms with van der Waals surface area (Å²) in [7, 11) is 0. The van der Waals surface area contributed by atoms with Gasteiger partial charge in [0.2, 0.25) is 5.91 Å². The monoisotopic (exact) mass is 672 g/mol. The standard InChI is InChI=1S/C36H44N6O7/c1-20-6-4-5-7-27(20)39-33(48)38-25-10-8-21(9-11-25)18-42-34(49)41(32(47)35(42,2)3)19-28(43)40-30-24-13-22-12-23(14-24)17-36(30,16-22)31(46)26(37)15-29(44)45/h4-11,22-24,26,30H,12-19,37H2,1-3H3,(H,40,43)(H,44,45)(H2,38,39,48)/t22?,23?,24?,26-,30?,36?/m0/s1. The number of carboxylic acid groups (broad SMARTS) is 1. The van der Waals surface area contributed by atoms with Gasteiger partial charge in [0.25, 0.3) is 5.91 Å². The normalized spacial score (nSPS) is 27.2. The second-order valence-corrected chi connectivity index (χ2v) is 14.8. The van der Waals surface area contributed by atoms with Crippen LogP contribution >= 0.6 is 0 Å². The van der Waals surface area contributed by atoms with E-state index in [-0.39, 0.29) is 18.2 Å². The van der Waals surface area contributed by atoms with Crippen molar-refractivity contribution < 1.29 is 33.9 Å². The fraction of sp³-hybridized carbons (Fsp3) is 0.500. The van der Waals surface area contributed by atoms with E-state index in [0.717, 1.165) is 35.3 Å². The highest BCUT2D eigenvalue weighted by molar-refractivity contribution is 6.08. The van der Waals surface area contributed by atoms with Crippen molar-refractivity contribution in [2.75, 3.05) is 17.2 Å². The van der Waals surface area contributed by atoms with Crippen LogP contribution in [0.5, 0.6) is 0 Å². The van der Waals surface area contributed by atoms with Crippen LogP contribution < -0.4 is 21.7 Å². The van der Waals surface area contributed by atoms with Gasteiger partial charge in [-0.3, -0.25) is 24.1 Å². The summed E-state index contributed by atoms with van der Waals surface area (Å²) in [6, 6.07) is 11.6. The van der Waals surface area contributed by atoms with Crippen LogP contribution in [0, 0.1) is 30.1 Å². The number of benzene rings is 2. The number of nitrogens with zero attached hydrogens (tertiary/aromatic N) is 2. The molecule has 2 aromatic rings. The highest BCUT2D eigenvalue weighted by Gasteiger charge is 2.62. The van der Waals surface area contributed by atoms with E-state index >= 15 is 0 Å². The predicted octanol–water partition coefficient (Wildman–Crippen LogP) is 3.86. The van der Waals surface area contributed by atoms with Crippen LogP contribution in [0.2, 0.25) is 0 Å². The number of nitrogens with two attached hydrogens (primary N) is 1. The first-order valence-corrected chi connectivity index (χ1v) is 16.8. The van der Waals surface area contributed by atoms with Crippen LogP contribution in [0.15, 0.2) is 48.5 Å². The second-order valence-electron chi connectivity index (χ2n) is 14.8. The second kappa shape index (κ2) is 12.9. The van der Waals surface area contributed by atoms with Gasteiger partial charge < -0.3 is 31.7 Å². The molecule has 7 rings (SSSR count). The minimum Gasteiger partial charge on any atom is -0.481 e. The number of carboxylic acids is 1. The molecule has 2 aromatic carbocycles. The maximum absolute atomic E-state index is 13.7. The van der Waals surface area contributed by atoms with E-state index in [9.17, 15) is 33.9 Å². The van der Waals surface area contributed by atoms with Crippen molar-refractivity contribution in [1.29, 1.82) is 0 Å². The van der Waals surface area contributed by atoms with Gasteiger partial charge in [0.1, 0.15) is 12.1 Å². The minimum absolute atomic E-state index is 0.0418. The van der Waals surface area contributed by atoms with E-state index < -0.39 is 65.8 Å². The van der Waals surface area contributed by atoms with Gasteiger partial charge >= 0.3 is 18.0 Å². The van der Waals surface area contributed by atoms with Crippen LogP contribution in [-0.4, -0.2) is 74.7 Å². The highest BCUT2D eigenvalue weighted by Crippen LogP contribution is 2.60. The molecule has 0 spiro atoms. The Morgan fingerprint density at radius 2 is 1.61 bits per heavy atom. The van der Waals surface area contributed by atoms with Crippen molar-refractivity contribution in [2.24, 2.45) is 28.9 Å². The Morgan fingerprint density at radius 1 is 0.959 bits per heavy atom. The molecule has 5 aliphatic rings. The quantitative estimate of drug-likeness (QED) is 0.222. The number of hydrogen-bond acceptors (Lipinski definition) is 7. The zero-order chi connectivity index (χ0) is 35.2. The molecule has 1 heterocycles. The van der Waals surface area contributed by atoms with Crippen molar-refractivity contribution >= 4 is 47.0 Å². The van der Waals surface area contributed by atoms with E-state index in [0.29, 0.717) is 36.1 Å². The SMILES string of the molecule is Cc1ccccc1NC(=O)Nc1ccc(CN2C(=O)N(CC(=O)NC3C4CC5CC(C4)CC3(C(=O)[C@@H](N)CC(=O)O)C5)C(=O)C2(C)C)cc1. The van der Waals surface area contributed by atoms with Crippen LogP contribution in [0.3, 0.4) is 0 Å². The summed E-state index contributed by atoms with van der Waals surface area (Å²) in [5.41, 5.74) is 6.81. The van der Waals surface area contributed by atoms with E-state index in [1.54, 1.807) is 38.1 Å². The number of anilines is 2. The number of urea groups is 2. The molecule has 49 heavy (non-hydrogen) atoms. The lowest BCUT2D eigenvalue weighted by Gasteiger charge is -2.60. The fourth-order valence-corrected chi connectivity index (χ4v) is 8.86.